The van der Waals surface area contributed by atoms with Crippen molar-refractivity contribution in [3.8, 4) is 0 Å². The highest BCUT2D eigenvalue weighted by molar-refractivity contribution is 6.35. The van der Waals surface area contributed by atoms with Gasteiger partial charge in [-0.05, 0) is 58.6 Å². The minimum atomic E-state index is -0.416. The van der Waals surface area contributed by atoms with Crippen molar-refractivity contribution >= 4 is 45.7 Å². The van der Waals surface area contributed by atoms with Crippen LogP contribution in [0.25, 0.3) is 10.9 Å². The smallest absolute Gasteiger partial charge is 0.162 e. The van der Waals surface area contributed by atoms with Crippen LogP contribution < -0.4 is 0 Å². The molecule has 1 aliphatic heterocycles. The lowest BCUT2D eigenvalue weighted by Gasteiger charge is -2.49. The lowest BCUT2D eigenvalue weighted by molar-refractivity contribution is -0.119. The normalized spacial score (nSPS) is 19.7. The van der Waals surface area contributed by atoms with Crippen LogP contribution in [-0.4, -0.2) is 21.0 Å². The van der Waals surface area contributed by atoms with Crippen LogP contribution in [-0.2, 0) is 22.7 Å². The van der Waals surface area contributed by atoms with E-state index in [1.54, 1.807) is 6.07 Å². The van der Waals surface area contributed by atoms with Crippen molar-refractivity contribution in [1.82, 2.24) is 9.47 Å². The molecule has 3 aromatic carbocycles. The van der Waals surface area contributed by atoms with Gasteiger partial charge in [-0.15, -0.1) is 0 Å². The molecule has 0 amide bonds. The standard InChI is InChI=1S/C39H38Cl2N2O2/c1-38(2)17-31-36(33(44)19-38)35(37-32(18-39(3,4)20-34(37)45)43(31)21-24-10-6-5-7-11-24)28-23-42(30-13-9-8-12-27(28)30)22-25-14-15-26(40)16-29(25)41/h5-16,23,35H,17-22H2,1-4H3. The zero-order valence-corrected chi connectivity index (χ0v) is 27.8. The number of fused-ring (bicyclic) bond motifs is 1. The van der Waals surface area contributed by atoms with Crippen LogP contribution in [0.1, 0.15) is 76.0 Å². The first-order valence-electron chi connectivity index (χ1n) is 15.8. The quantitative estimate of drug-likeness (QED) is 0.219. The van der Waals surface area contributed by atoms with Crippen molar-refractivity contribution in [3.05, 3.63) is 128 Å². The number of carbonyl (C=O) groups is 2. The topological polar surface area (TPSA) is 42.3 Å². The van der Waals surface area contributed by atoms with E-state index in [1.165, 1.54) is 0 Å². The molecule has 1 aromatic heterocycles. The molecular weight excluding hydrogens is 599 g/mol. The highest BCUT2D eigenvalue weighted by atomic mass is 35.5. The van der Waals surface area contributed by atoms with Crippen LogP contribution >= 0.6 is 23.2 Å². The Hall–Kier alpha value is -3.60. The van der Waals surface area contributed by atoms with E-state index < -0.39 is 5.92 Å². The highest BCUT2D eigenvalue weighted by Crippen LogP contribution is 2.55. The molecule has 0 atom stereocenters. The van der Waals surface area contributed by atoms with Crippen molar-refractivity contribution in [1.29, 1.82) is 0 Å². The Labute approximate surface area is 275 Å². The van der Waals surface area contributed by atoms with E-state index in [0.29, 0.717) is 36.0 Å². The fourth-order valence-electron chi connectivity index (χ4n) is 7.79. The summed E-state index contributed by atoms with van der Waals surface area (Å²) in [6.45, 7) is 9.92. The van der Waals surface area contributed by atoms with Gasteiger partial charge in [-0.25, -0.2) is 0 Å². The van der Waals surface area contributed by atoms with Crippen LogP contribution in [0, 0.1) is 10.8 Å². The van der Waals surface area contributed by atoms with Gasteiger partial charge in [-0.2, -0.15) is 0 Å². The number of rotatable bonds is 5. The Morgan fingerprint density at radius 1 is 0.733 bits per heavy atom. The van der Waals surface area contributed by atoms with E-state index in [2.05, 4.69) is 79.8 Å². The highest BCUT2D eigenvalue weighted by Gasteiger charge is 2.49. The van der Waals surface area contributed by atoms with E-state index in [1.807, 2.05) is 30.3 Å². The molecule has 0 saturated heterocycles. The van der Waals surface area contributed by atoms with Crippen LogP contribution in [0.15, 0.2) is 102 Å². The Balaban J connectivity index is 1.47. The van der Waals surface area contributed by atoms with Crippen molar-refractivity contribution in [2.75, 3.05) is 0 Å². The number of allylic oxidation sites excluding steroid dienone is 4. The molecule has 0 saturated carbocycles. The monoisotopic (exact) mass is 636 g/mol. The molecule has 0 fully saturated rings. The van der Waals surface area contributed by atoms with Gasteiger partial charge >= 0.3 is 0 Å². The first kappa shape index (κ1) is 30.1. The maximum absolute atomic E-state index is 14.4. The van der Waals surface area contributed by atoms with Crippen molar-refractivity contribution in [2.24, 2.45) is 10.8 Å². The number of hydrogen-bond acceptors (Lipinski definition) is 3. The second-order valence-electron chi connectivity index (χ2n) is 14.6. The average Bonchev–Trinajstić information content (AvgIpc) is 3.32. The minimum absolute atomic E-state index is 0.145. The Bertz CT molecular complexity index is 1870. The summed E-state index contributed by atoms with van der Waals surface area (Å²) < 4.78 is 2.20. The number of Topliss-reactive ketones (excluding diaryl/α,β-unsaturated/α-hetero) is 2. The Morgan fingerprint density at radius 3 is 1.96 bits per heavy atom. The Kier molecular flexibility index (Phi) is 7.37. The third-order valence-electron chi connectivity index (χ3n) is 9.69. The number of para-hydroxylation sites is 1. The van der Waals surface area contributed by atoms with Gasteiger partial charge in [-0.3, -0.25) is 9.59 Å². The fraction of sp³-hybridized carbons (Fsp3) is 0.333. The predicted molar refractivity (Wildman–Crippen MR) is 182 cm³/mol. The molecule has 2 heterocycles. The first-order valence-corrected chi connectivity index (χ1v) is 16.5. The third-order valence-corrected chi connectivity index (χ3v) is 10.3. The van der Waals surface area contributed by atoms with E-state index in [4.69, 9.17) is 23.2 Å². The van der Waals surface area contributed by atoms with E-state index in [9.17, 15) is 9.59 Å². The lowest BCUT2D eigenvalue weighted by Crippen LogP contribution is -2.44. The molecule has 0 spiro atoms. The Morgan fingerprint density at radius 2 is 1.33 bits per heavy atom. The number of carbonyl (C=O) groups excluding carboxylic acids is 2. The van der Waals surface area contributed by atoms with Gasteiger partial charge in [0, 0.05) is 81.5 Å². The van der Waals surface area contributed by atoms with Gasteiger partial charge in [0.1, 0.15) is 0 Å². The molecule has 45 heavy (non-hydrogen) atoms. The molecule has 0 bridgehead atoms. The van der Waals surface area contributed by atoms with Gasteiger partial charge < -0.3 is 9.47 Å². The van der Waals surface area contributed by atoms with Crippen LogP contribution in [0.4, 0.5) is 0 Å². The van der Waals surface area contributed by atoms with Gasteiger partial charge in [0.25, 0.3) is 0 Å². The fourth-order valence-corrected chi connectivity index (χ4v) is 8.25. The number of halogens is 2. The average molecular weight is 638 g/mol. The van der Waals surface area contributed by atoms with Crippen LogP contribution in [0.5, 0.6) is 0 Å². The number of nitrogens with zero attached hydrogens (tertiary/aromatic N) is 2. The van der Waals surface area contributed by atoms with E-state index >= 15 is 0 Å². The molecule has 0 radical (unpaired) electrons. The zero-order chi connectivity index (χ0) is 31.7. The molecule has 2 aliphatic carbocycles. The number of aromatic nitrogens is 1. The molecule has 0 unspecified atom stereocenters. The largest absolute Gasteiger partial charge is 0.343 e. The summed E-state index contributed by atoms with van der Waals surface area (Å²) >= 11 is 12.8. The second kappa shape index (κ2) is 11.0. The van der Waals surface area contributed by atoms with E-state index in [-0.39, 0.29) is 22.4 Å². The van der Waals surface area contributed by atoms with E-state index in [0.717, 1.165) is 63.0 Å². The molecule has 7 rings (SSSR count). The molecule has 6 heteroatoms. The van der Waals surface area contributed by atoms with Crippen LogP contribution in [0.2, 0.25) is 10.0 Å². The van der Waals surface area contributed by atoms with Gasteiger partial charge in [0.15, 0.2) is 11.6 Å². The van der Waals surface area contributed by atoms with Crippen molar-refractivity contribution < 1.29 is 9.59 Å². The maximum atomic E-state index is 14.4. The zero-order valence-electron chi connectivity index (χ0n) is 26.3. The van der Waals surface area contributed by atoms with Gasteiger partial charge in [0.05, 0.1) is 0 Å². The summed E-state index contributed by atoms with van der Waals surface area (Å²) in [6, 6.07) is 24.3. The minimum Gasteiger partial charge on any atom is -0.343 e. The summed E-state index contributed by atoms with van der Waals surface area (Å²) in [5.41, 5.74) is 7.56. The molecular formula is C39H38Cl2N2O2. The second-order valence-corrected chi connectivity index (χ2v) is 15.4. The van der Waals surface area contributed by atoms with Gasteiger partial charge in [0.2, 0.25) is 0 Å². The van der Waals surface area contributed by atoms with Crippen LogP contribution in [0.3, 0.4) is 0 Å². The lowest BCUT2D eigenvalue weighted by atomic mass is 9.63. The molecule has 3 aliphatic rings. The van der Waals surface area contributed by atoms with Crippen molar-refractivity contribution in [3.63, 3.8) is 0 Å². The predicted octanol–water partition coefficient (Wildman–Crippen LogP) is 9.88. The molecule has 4 nitrogen and oxygen atoms in total. The molecule has 0 N–H and O–H groups in total. The summed E-state index contributed by atoms with van der Waals surface area (Å²) in [6.07, 6.45) is 4.64. The SMILES string of the molecule is CC1(C)CC(=O)C2=C(C1)N(Cc1ccccc1)C1=C(C(=O)CC(C)(C)C1)C2c1cn(Cc2ccc(Cl)cc2Cl)c2ccccc12. The summed E-state index contributed by atoms with van der Waals surface area (Å²) in [5, 5.41) is 2.26. The maximum Gasteiger partial charge on any atom is 0.162 e. The molecule has 4 aromatic rings. The first-order chi connectivity index (χ1) is 21.4. The summed E-state index contributed by atoms with van der Waals surface area (Å²) in [7, 11) is 0. The summed E-state index contributed by atoms with van der Waals surface area (Å²) in [4.78, 5) is 31.1. The van der Waals surface area contributed by atoms with Crippen molar-refractivity contribution in [2.45, 2.75) is 72.4 Å². The number of hydrogen-bond donors (Lipinski definition) is 0. The molecule has 230 valence electrons. The number of ketones is 2. The van der Waals surface area contributed by atoms with Gasteiger partial charge in [-0.1, -0.05) is 105 Å². The third kappa shape index (κ3) is 5.47. The summed E-state index contributed by atoms with van der Waals surface area (Å²) in [5.74, 6) is -0.127. The number of benzene rings is 3.